The van der Waals surface area contributed by atoms with Crippen molar-refractivity contribution >= 4 is 11.5 Å². The summed E-state index contributed by atoms with van der Waals surface area (Å²) in [5.41, 5.74) is 9.79. The first kappa shape index (κ1) is 12.4. The Morgan fingerprint density at radius 2 is 2.05 bits per heavy atom. The Bertz CT molecular complexity index is 579. The van der Waals surface area contributed by atoms with Crippen LogP contribution in [0.1, 0.15) is 56.1 Å². The van der Waals surface area contributed by atoms with Gasteiger partial charge in [0, 0.05) is 17.5 Å². The molecular weight excluding hydrogens is 246 g/mol. The number of hydrogen-bond acceptors (Lipinski definition) is 2. The van der Waals surface area contributed by atoms with Crippen LogP contribution >= 0.6 is 0 Å². The standard InChI is InChI=1S/C18H23NO/c1-18-9-8-14-13-5-3-12(19)10-11(13)2-4-15(14)16(18)6-7-17(18)20/h3,5,10,14-16H,2,4,6-9,19H2,1H3/t14-,15+,16+,18-/m1/s1. The third kappa shape index (κ3) is 1.54. The molecule has 2 N–H and O–H groups in total. The molecule has 0 aromatic heterocycles. The molecule has 2 saturated carbocycles. The summed E-state index contributed by atoms with van der Waals surface area (Å²) in [5.74, 6) is 2.54. The van der Waals surface area contributed by atoms with Gasteiger partial charge in [-0.2, -0.15) is 0 Å². The van der Waals surface area contributed by atoms with Crippen LogP contribution in [0.4, 0.5) is 5.69 Å². The van der Waals surface area contributed by atoms with E-state index in [1.165, 1.54) is 24.0 Å². The number of fused-ring (bicyclic) bond motifs is 5. The van der Waals surface area contributed by atoms with E-state index in [-0.39, 0.29) is 5.41 Å². The molecule has 0 heterocycles. The molecule has 0 bridgehead atoms. The van der Waals surface area contributed by atoms with Crippen LogP contribution in [0.3, 0.4) is 0 Å². The Morgan fingerprint density at radius 3 is 2.90 bits per heavy atom. The van der Waals surface area contributed by atoms with Gasteiger partial charge in [0.25, 0.3) is 0 Å². The zero-order valence-corrected chi connectivity index (χ0v) is 12.2. The van der Waals surface area contributed by atoms with Crippen LogP contribution in [0.25, 0.3) is 0 Å². The minimum absolute atomic E-state index is 0.00746. The molecule has 106 valence electrons. The highest BCUT2D eigenvalue weighted by Crippen LogP contribution is 2.59. The lowest BCUT2D eigenvalue weighted by Crippen LogP contribution is -2.42. The van der Waals surface area contributed by atoms with Crippen LogP contribution in [-0.4, -0.2) is 5.78 Å². The van der Waals surface area contributed by atoms with Crippen molar-refractivity contribution in [3.63, 3.8) is 0 Å². The fourth-order valence-corrected chi connectivity index (χ4v) is 5.37. The molecule has 2 nitrogen and oxygen atoms in total. The molecule has 0 spiro atoms. The molecule has 3 aliphatic rings. The maximum atomic E-state index is 12.3. The van der Waals surface area contributed by atoms with E-state index in [1.54, 1.807) is 0 Å². The number of carbonyl (C=O) groups excluding carboxylic acids is 1. The molecule has 1 aromatic carbocycles. The summed E-state index contributed by atoms with van der Waals surface area (Å²) in [6.45, 7) is 2.24. The lowest BCUT2D eigenvalue weighted by atomic mass is 9.55. The Balaban J connectivity index is 1.73. The molecule has 2 heteroatoms. The molecule has 4 rings (SSSR count). The highest BCUT2D eigenvalue weighted by atomic mass is 16.1. The molecule has 2 fully saturated rings. The zero-order chi connectivity index (χ0) is 13.9. The predicted molar refractivity (Wildman–Crippen MR) is 80.5 cm³/mol. The normalized spacial score (nSPS) is 39.0. The Morgan fingerprint density at radius 1 is 1.20 bits per heavy atom. The van der Waals surface area contributed by atoms with E-state index >= 15 is 0 Å². The third-order valence-electron chi connectivity index (χ3n) is 6.46. The van der Waals surface area contributed by atoms with Crippen LogP contribution in [0, 0.1) is 17.3 Å². The number of hydrogen-bond donors (Lipinski definition) is 1. The maximum Gasteiger partial charge on any atom is 0.139 e. The van der Waals surface area contributed by atoms with E-state index in [1.807, 2.05) is 0 Å². The molecular formula is C18H23NO. The van der Waals surface area contributed by atoms with Gasteiger partial charge in [-0.15, -0.1) is 0 Å². The quantitative estimate of drug-likeness (QED) is 0.730. The summed E-state index contributed by atoms with van der Waals surface area (Å²) < 4.78 is 0. The fourth-order valence-electron chi connectivity index (χ4n) is 5.37. The molecule has 4 atom stereocenters. The predicted octanol–water partition coefficient (Wildman–Crippen LogP) is 3.69. The lowest BCUT2D eigenvalue weighted by Gasteiger charge is -2.48. The topological polar surface area (TPSA) is 43.1 Å². The van der Waals surface area contributed by atoms with Crippen LogP contribution in [-0.2, 0) is 11.2 Å². The van der Waals surface area contributed by atoms with Crippen molar-refractivity contribution in [2.24, 2.45) is 17.3 Å². The number of nitrogen functional groups attached to an aromatic ring is 1. The van der Waals surface area contributed by atoms with Crippen LogP contribution in [0.5, 0.6) is 0 Å². The van der Waals surface area contributed by atoms with E-state index in [9.17, 15) is 4.79 Å². The smallest absolute Gasteiger partial charge is 0.139 e. The number of Topliss-reactive ketones (excluding diaryl/α,β-unsaturated/α-hetero) is 1. The number of aryl methyl sites for hydroxylation is 1. The molecule has 1 aromatic rings. The van der Waals surface area contributed by atoms with Gasteiger partial charge in [-0.1, -0.05) is 13.0 Å². The minimum Gasteiger partial charge on any atom is -0.399 e. The van der Waals surface area contributed by atoms with Crippen molar-refractivity contribution in [2.75, 3.05) is 5.73 Å². The van der Waals surface area contributed by atoms with Crippen LogP contribution in [0.15, 0.2) is 18.2 Å². The summed E-state index contributed by atoms with van der Waals surface area (Å²) in [5, 5.41) is 0. The van der Waals surface area contributed by atoms with Crippen LogP contribution < -0.4 is 5.73 Å². The molecule has 0 radical (unpaired) electrons. The number of ketones is 1. The number of carbonyl (C=O) groups is 1. The number of anilines is 1. The highest BCUT2D eigenvalue weighted by Gasteiger charge is 2.54. The van der Waals surface area contributed by atoms with Gasteiger partial charge in [0.2, 0.25) is 0 Å². The van der Waals surface area contributed by atoms with Crippen molar-refractivity contribution < 1.29 is 4.79 Å². The SMILES string of the molecule is C[C@@]12CC[C@@H]3c4ccc(N)cc4CC[C@@H]3[C@@H]1CCC2=O. The van der Waals surface area contributed by atoms with Gasteiger partial charge >= 0.3 is 0 Å². The first-order chi connectivity index (χ1) is 9.59. The average Bonchev–Trinajstić information content (AvgIpc) is 2.74. The second-order valence-electron chi connectivity index (χ2n) is 7.29. The highest BCUT2D eigenvalue weighted by molar-refractivity contribution is 5.87. The zero-order valence-electron chi connectivity index (χ0n) is 12.2. The van der Waals surface area contributed by atoms with Gasteiger partial charge in [0.05, 0.1) is 0 Å². The van der Waals surface area contributed by atoms with Crippen molar-refractivity contribution in [1.29, 1.82) is 0 Å². The Hall–Kier alpha value is -1.31. The molecule has 0 saturated heterocycles. The van der Waals surface area contributed by atoms with Gasteiger partial charge in [-0.25, -0.2) is 0 Å². The number of nitrogens with two attached hydrogens (primary N) is 1. The minimum atomic E-state index is -0.00746. The first-order valence-corrected chi connectivity index (χ1v) is 8.01. The maximum absolute atomic E-state index is 12.3. The third-order valence-corrected chi connectivity index (χ3v) is 6.46. The summed E-state index contributed by atoms with van der Waals surface area (Å²) >= 11 is 0. The summed E-state index contributed by atoms with van der Waals surface area (Å²) in [6, 6.07) is 6.47. The van der Waals surface area contributed by atoms with Crippen molar-refractivity contribution in [1.82, 2.24) is 0 Å². The fraction of sp³-hybridized carbons (Fsp3) is 0.611. The Kier molecular flexibility index (Phi) is 2.55. The van der Waals surface area contributed by atoms with E-state index in [4.69, 9.17) is 5.73 Å². The summed E-state index contributed by atoms with van der Waals surface area (Å²) in [4.78, 5) is 12.3. The van der Waals surface area contributed by atoms with Gasteiger partial charge in [-0.05, 0) is 73.1 Å². The van der Waals surface area contributed by atoms with Crippen LogP contribution in [0.2, 0.25) is 0 Å². The molecule has 0 amide bonds. The Labute approximate surface area is 120 Å². The monoisotopic (exact) mass is 269 g/mol. The van der Waals surface area contributed by atoms with Gasteiger partial charge in [-0.3, -0.25) is 4.79 Å². The van der Waals surface area contributed by atoms with E-state index in [0.29, 0.717) is 17.6 Å². The van der Waals surface area contributed by atoms with E-state index in [0.717, 1.165) is 37.3 Å². The summed E-state index contributed by atoms with van der Waals surface area (Å²) in [6.07, 6.45) is 6.60. The lowest BCUT2D eigenvalue weighted by molar-refractivity contribution is -0.129. The second-order valence-corrected chi connectivity index (χ2v) is 7.29. The van der Waals surface area contributed by atoms with Gasteiger partial charge in [0.15, 0.2) is 0 Å². The number of benzene rings is 1. The molecule has 0 aliphatic heterocycles. The molecule has 20 heavy (non-hydrogen) atoms. The van der Waals surface area contributed by atoms with Gasteiger partial charge < -0.3 is 5.73 Å². The van der Waals surface area contributed by atoms with Crippen molar-refractivity contribution in [2.45, 2.75) is 51.4 Å². The molecule has 0 unspecified atom stereocenters. The van der Waals surface area contributed by atoms with Crippen molar-refractivity contribution in [3.05, 3.63) is 29.3 Å². The first-order valence-electron chi connectivity index (χ1n) is 8.01. The number of rotatable bonds is 0. The van der Waals surface area contributed by atoms with E-state index in [2.05, 4.69) is 25.1 Å². The summed E-state index contributed by atoms with van der Waals surface area (Å²) in [7, 11) is 0. The van der Waals surface area contributed by atoms with Crippen molar-refractivity contribution in [3.8, 4) is 0 Å². The largest absolute Gasteiger partial charge is 0.399 e. The molecule has 3 aliphatic carbocycles. The average molecular weight is 269 g/mol. The van der Waals surface area contributed by atoms with Gasteiger partial charge in [0.1, 0.15) is 5.78 Å². The second kappa shape index (κ2) is 4.09. The van der Waals surface area contributed by atoms with E-state index < -0.39 is 0 Å².